The molecule has 1 atom stereocenters. The van der Waals surface area contributed by atoms with Crippen molar-refractivity contribution in [2.75, 3.05) is 10.6 Å². The van der Waals surface area contributed by atoms with Crippen LogP contribution < -0.4 is 16.0 Å². The van der Waals surface area contributed by atoms with E-state index in [0.717, 1.165) is 6.07 Å². The molecule has 3 amide bonds. The van der Waals surface area contributed by atoms with Crippen molar-refractivity contribution < 1.29 is 27.6 Å². The highest BCUT2D eigenvalue weighted by Gasteiger charge is 2.29. The average Bonchev–Trinajstić information content (AvgIpc) is 2.72. The van der Waals surface area contributed by atoms with Gasteiger partial charge in [-0.25, -0.2) is 13.2 Å². The minimum atomic E-state index is -1.72. The summed E-state index contributed by atoms with van der Waals surface area (Å²) in [6.07, 6.45) is -0.524. The summed E-state index contributed by atoms with van der Waals surface area (Å²) >= 11 is 0. The van der Waals surface area contributed by atoms with Crippen molar-refractivity contribution in [3.63, 3.8) is 0 Å². The normalized spacial score (nSPS) is 16.2. The fourth-order valence-electron chi connectivity index (χ4n) is 2.46. The Morgan fingerprint density at radius 2 is 1.77 bits per heavy atom. The lowest BCUT2D eigenvalue weighted by atomic mass is 10.1. The van der Waals surface area contributed by atoms with E-state index in [1.165, 1.54) is 12.1 Å². The predicted octanol–water partition coefficient (Wildman–Crippen LogP) is 2.18. The fraction of sp³-hybridized carbons (Fsp3) is 0.118. The molecule has 2 aromatic carbocycles. The summed E-state index contributed by atoms with van der Waals surface area (Å²) in [5, 5.41) is 6.96. The molecular formula is C17H12F3N3O3. The van der Waals surface area contributed by atoms with Crippen molar-refractivity contribution in [2.45, 2.75) is 12.5 Å². The lowest BCUT2D eigenvalue weighted by molar-refractivity contribution is -0.122. The van der Waals surface area contributed by atoms with Crippen molar-refractivity contribution in [3.05, 3.63) is 59.4 Å². The van der Waals surface area contributed by atoms with Crippen LogP contribution in [0.2, 0.25) is 0 Å². The van der Waals surface area contributed by atoms with Gasteiger partial charge >= 0.3 is 0 Å². The van der Waals surface area contributed by atoms with E-state index in [2.05, 4.69) is 16.0 Å². The van der Waals surface area contributed by atoms with E-state index >= 15 is 0 Å². The Bertz CT molecular complexity index is 917. The van der Waals surface area contributed by atoms with Gasteiger partial charge in [0.1, 0.15) is 6.04 Å². The average molecular weight is 363 g/mol. The maximum atomic E-state index is 13.6. The summed E-state index contributed by atoms with van der Waals surface area (Å²) in [6.45, 7) is 0. The standard InChI is InChI=1S/C17H12F3N3O3/c18-9-5-6-11(15(20)14(9)19)21-13(24)7-12-17(26)22-10-4-2-1-3-8(10)16(25)23-12/h1-6,12H,7H2,(H,21,24)(H,22,26)(H,23,25). The first kappa shape index (κ1) is 17.5. The molecule has 134 valence electrons. The molecule has 1 aliphatic heterocycles. The third kappa shape index (κ3) is 3.37. The number of rotatable bonds is 3. The first-order valence-electron chi connectivity index (χ1n) is 7.51. The number of hydrogen-bond acceptors (Lipinski definition) is 3. The summed E-state index contributed by atoms with van der Waals surface area (Å²) in [6, 6.07) is 6.58. The van der Waals surface area contributed by atoms with E-state index in [9.17, 15) is 27.6 Å². The van der Waals surface area contributed by atoms with Gasteiger partial charge < -0.3 is 16.0 Å². The van der Waals surface area contributed by atoms with Crippen LogP contribution in [-0.2, 0) is 9.59 Å². The number of hydrogen-bond donors (Lipinski definition) is 3. The number of amides is 3. The molecule has 0 bridgehead atoms. The van der Waals surface area contributed by atoms with Crippen LogP contribution in [0.4, 0.5) is 24.5 Å². The number of benzene rings is 2. The summed E-state index contributed by atoms with van der Waals surface area (Å²) < 4.78 is 39.7. The molecule has 0 saturated carbocycles. The van der Waals surface area contributed by atoms with E-state index < -0.39 is 53.3 Å². The molecule has 26 heavy (non-hydrogen) atoms. The van der Waals surface area contributed by atoms with Crippen molar-refractivity contribution in [3.8, 4) is 0 Å². The lowest BCUT2D eigenvalue weighted by Crippen LogP contribution is -2.43. The number of carbonyl (C=O) groups excluding carboxylic acids is 3. The largest absolute Gasteiger partial charge is 0.340 e. The Balaban J connectivity index is 1.73. The van der Waals surface area contributed by atoms with Crippen LogP contribution in [0.1, 0.15) is 16.8 Å². The minimum absolute atomic E-state index is 0.232. The van der Waals surface area contributed by atoms with Crippen LogP contribution in [0.3, 0.4) is 0 Å². The molecular weight excluding hydrogens is 351 g/mol. The Morgan fingerprint density at radius 3 is 2.54 bits per heavy atom. The molecule has 0 saturated heterocycles. The van der Waals surface area contributed by atoms with Gasteiger partial charge in [0.15, 0.2) is 17.5 Å². The first-order chi connectivity index (χ1) is 12.4. The highest BCUT2D eigenvalue weighted by Crippen LogP contribution is 2.21. The summed E-state index contributed by atoms with van der Waals surface area (Å²) in [7, 11) is 0. The van der Waals surface area contributed by atoms with Crippen LogP contribution >= 0.6 is 0 Å². The molecule has 6 nitrogen and oxygen atoms in total. The second-order valence-corrected chi connectivity index (χ2v) is 5.54. The van der Waals surface area contributed by atoms with E-state index in [4.69, 9.17) is 0 Å². The molecule has 1 heterocycles. The van der Waals surface area contributed by atoms with Crippen molar-refractivity contribution in [1.82, 2.24) is 5.32 Å². The predicted molar refractivity (Wildman–Crippen MR) is 85.9 cm³/mol. The highest BCUT2D eigenvalue weighted by atomic mass is 19.2. The van der Waals surface area contributed by atoms with Gasteiger partial charge in [0, 0.05) is 0 Å². The third-order valence-corrected chi connectivity index (χ3v) is 3.75. The van der Waals surface area contributed by atoms with Gasteiger partial charge in [-0.2, -0.15) is 0 Å². The Kier molecular flexibility index (Phi) is 4.61. The van der Waals surface area contributed by atoms with Crippen molar-refractivity contribution >= 4 is 29.1 Å². The zero-order valence-corrected chi connectivity index (χ0v) is 13.1. The number of nitrogens with one attached hydrogen (secondary N) is 3. The van der Waals surface area contributed by atoms with Gasteiger partial charge in [-0.15, -0.1) is 0 Å². The molecule has 2 aromatic rings. The SMILES string of the molecule is O=C(CC1NC(=O)c2ccccc2NC1=O)Nc1ccc(F)c(F)c1F. The monoisotopic (exact) mass is 363 g/mol. The molecule has 0 aliphatic carbocycles. The Hall–Kier alpha value is -3.36. The van der Waals surface area contributed by atoms with Crippen LogP contribution in [0.5, 0.6) is 0 Å². The topological polar surface area (TPSA) is 87.3 Å². The zero-order valence-electron chi connectivity index (χ0n) is 13.1. The van der Waals surface area contributed by atoms with Gasteiger partial charge in [0.2, 0.25) is 11.8 Å². The number of carbonyl (C=O) groups is 3. The third-order valence-electron chi connectivity index (χ3n) is 3.75. The number of halogens is 3. The second-order valence-electron chi connectivity index (χ2n) is 5.54. The van der Waals surface area contributed by atoms with E-state index in [1.807, 2.05) is 0 Å². The minimum Gasteiger partial charge on any atom is -0.340 e. The molecule has 3 N–H and O–H groups in total. The summed E-state index contributed by atoms with van der Waals surface area (Å²) in [5.41, 5.74) is -0.0440. The van der Waals surface area contributed by atoms with E-state index in [0.29, 0.717) is 11.8 Å². The van der Waals surface area contributed by atoms with Crippen LogP contribution in [0.25, 0.3) is 0 Å². The molecule has 0 spiro atoms. The summed E-state index contributed by atoms with van der Waals surface area (Å²) in [5.74, 6) is -6.73. The lowest BCUT2D eigenvalue weighted by Gasteiger charge is -2.14. The Morgan fingerprint density at radius 1 is 1.04 bits per heavy atom. The number of para-hydroxylation sites is 1. The highest BCUT2D eigenvalue weighted by molar-refractivity contribution is 6.11. The van der Waals surface area contributed by atoms with Gasteiger partial charge in [0.05, 0.1) is 23.4 Å². The second kappa shape index (κ2) is 6.87. The van der Waals surface area contributed by atoms with Gasteiger partial charge in [-0.05, 0) is 24.3 Å². The first-order valence-corrected chi connectivity index (χ1v) is 7.51. The Labute approximate surface area is 145 Å². The molecule has 0 aromatic heterocycles. The molecule has 0 fully saturated rings. The number of anilines is 2. The number of fused-ring (bicyclic) bond motifs is 1. The maximum Gasteiger partial charge on any atom is 0.254 e. The molecule has 3 rings (SSSR count). The van der Waals surface area contributed by atoms with E-state index in [1.54, 1.807) is 12.1 Å². The zero-order chi connectivity index (χ0) is 18.8. The fourth-order valence-corrected chi connectivity index (χ4v) is 2.46. The molecule has 1 aliphatic rings. The van der Waals surface area contributed by atoms with Gasteiger partial charge in [-0.3, -0.25) is 14.4 Å². The van der Waals surface area contributed by atoms with Crippen LogP contribution in [0, 0.1) is 17.5 Å². The van der Waals surface area contributed by atoms with Crippen LogP contribution in [0.15, 0.2) is 36.4 Å². The molecule has 0 radical (unpaired) electrons. The molecule has 1 unspecified atom stereocenters. The maximum absolute atomic E-state index is 13.6. The van der Waals surface area contributed by atoms with E-state index in [-0.39, 0.29) is 5.56 Å². The molecule has 9 heteroatoms. The van der Waals surface area contributed by atoms with Gasteiger partial charge in [0.25, 0.3) is 5.91 Å². The van der Waals surface area contributed by atoms with Crippen LogP contribution in [-0.4, -0.2) is 23.8 Å². The summed E-state index contributed by atoms with van der Waals surface area (Å²) in [4.78, 5) is 36.4. The van der Waals surface area contributed by atoms with Gasteiger partial charge in [-0.1, -0.05) is 12.1 Å². The quantitative estimate of drug-likeness (QED) is 0.731. The smallest absolute Gasteiger partial charge is 0.254 e. The van der Waals surface area contributed by atoms with Crippen molar-refractivity contribution in [2.24, 2.45) is 0 Å². The van der Waals surface area contributed by atoms with Crippen molar-refractivity contribution in [1.29, 1.82) is 0 Å².